The van der Waals surface area contributed by atoms with Gasteiger partial charge in [0.25, 0.3) is 11.6 Å². The predicted molar refractivity (Wildman–Crippen MR) is 108 cm³/mol. The Morgan fingerprint density at radius 2 is 1.97 bits per heavy atom. The van der Waals surface area contributed by atoms with E-state index in [0.717, 1.165) is 16.7 Å². The first-order valence-electron chi connectivity index (χ1n) is 8.79. The van der Waals surface area contributed by atoms with Crippen LogP contribution in [0.1, 0.15) is 16.9 Å². The van der Waals surface area contributed by atoms with Gasteiger partial charge < -0.3 is 9.15 Å². The molecule has 148 valence electrons. The Hall–Kier alpha value is -3.94. The van der Waals surface area contributed by atoms with E-state index in [0.29, 0.717) is 17.3 Å². The summed E-state index contributed by atoms with van der Waals surface area (Å²) in [5.74, 6) is 1.22. The summed E-state index contributed by atoms with van der Waals surface area (Å²) in [4.78, 5) is 22.2. The van der Waals surface area contributed by atoms with Crippen LogP contribution in [0.2, 0.25) is 0 Å². The quantitative estimate of drug-likeness (QED) is 0.371. The highest BCUT2D eigenvalue weighted by Gasteiger charge is 2.12. The van der Waals surface area contributed by atoms with E-state index in [1.165, 1.54) is 18.3 Å². The highest BCUT2D eigenvalue weighted by Crippen LogP contribution is 2.28. The lowest BCUT2D eigenvalue weighted by Crippen LogP contribution is -2.24. The Bertz CT molecular complexity index is 1070. The van der Waals surface area contributed by atoms with Gasteiger partial charge in [0.15, 0.2) is 6.61 Å². The Morgan fingerprint density at radius 1 is 1.17 bits per heavy atom. The van der Waals surface area contributed by atoms with E-state index in [1.807, 2.05) is 25.1 Å². The van der Waals surface area contributed by atoms with Crippen molar-refractivity contribution in [3.63, 3.8) is 0 Å². The van der Waals surface area contributed by atoms with Crippen LogP contribution >= 0.6 is 0 Å². The van der Waals surface area contributed by atoms with Crippen molar-refractivity contribution >= 4 is 17.8 Å². The van der Waals surface area contributed by atoms with E-state index >= 15 is 0 Å². The maximum atomic E-state index is 11.8. The fraction of sp³-hybridized carbons (Fsp3) is 0.143. The van der Waals surface area contributed by atoms with Gasteiger partial charge in [0, 0.05) is 17.7 Å². The minimum atomic E-state index is -0.442. The molecule has 0 aliphatic heterocycles. The summed E-state index contributed by atoms with van der Waals surface area (Å²) >= 11 is 0. The molecular weight excluding hydrogens is 374 g/mol. The first kappa shape index (κ1) is 19.8. The second kappa shape index (κ2) is 8.83. The zero-order chi connectivity index (χ0) is 20.8. The van der Waals surface area contributed by atoms with E-state index in [2.05, 4.69) is 10.5 Å². The van der Waals surface area contributed by atoms with Crippen molar-refractivity contribution in [1.82, 2.24) is 5.43 Å². The second-order valence-electron chi connectivity index (χ2n) is 6.31. The number of rotatable bonds is 7. The first-order valence-corrected chi connectivity index (χ1v) is 8.79. The Labute approximate surface area is 167 Å². The number of hydrogen-bond acceptors (Lipinski definition) is 6. The van der Waals surface area contributed by atoms with E-state index in [9.17, 15) is 14.9 Å². The fourth-order valence-electron chi connectivity index (χ4n) is 2.67. The molecule has 0 saturated carbocycles. The number of nitro benzene ring substituents is 1. The molecule has 0 radical (unpaired) electrons. The van der Waals surface area contributed by atoms with Crippen molar-refractivity contribution in [3.05, 3.63) is 81.6 Å². The van der Waals surface area contributed by atoms with Crippen LogP contribution in [0.5, 0.6) is 5.75 Å². The van der Waals surface area contributed by atoms with Crippen LogP contribution in [0.15, 0.2) is 64.1 Å². The van der Waals surface area contributed by atoms with Gasteiger partial charge in [-0.2, -0.15) is 5.10 Å². The zero-order valence-electron chi connectivity index (χ0n) is 15.9. The molecule has 3 aromatic rings. The Morgan fingerprint density at radius 3 is 2.69 bits per heavy atom. The smallest absolute Gasteiger partial charge is 0.277 e. The average Bonchev–Trinajstić information content (AvgIpc) is 3.15. The molecule has 0 bridgehead atoms. The molecule has 0 unspecified atom stereocenters. The van der Waals surface area contributed by atoms with Gasteiger partial charge in [0.2, 0.25) is 0 Å². The van der Waals surface area contributed by atoms with Crippen molar-refractivity contribution in [2.45, 2.75) is 13.8 Å². The number of non-ortho nitro benzene ring substituents is 1. The third-order valence-corrected chi connectivity index (χ3v) is 4.15. The molecule has 29 heavy (non-hydrogen) atoms. The Kier molecular flexibility index (Phi) is 6.03. The normalized spacial score (nSPS) is 10.8. The van der Waals surface area contributed by atoms with E-state index in [4.69, 9.17) is 9.15 Å². The van der Waals surface area contributed by atoms with E-state index in [1.54, 1.807) is 31.2 Å². The Balaban J connectivity index is 1.57. The largest absolute Gasteiger partial charge is 0.483 e. The molecule has 0 fully saturated rings. The summed E-state index contributed by atoms with van der Waals surface area (Å²) in [7, 11) is 0. The number of nitro groups is 1. The standard InChI is InChI=1S/C21H19N3O5/c1-14-5-3-4-6-19(14)28-13-21(25)23-22-12-17-8-10-20(29-17)18-9-7-16(24(26)27)11-15(18)2/h3-12H,13H2,1-2H3,(H,23,25)/b22-12-. The summed E-state index contributed by atoms with van der Waals surface area (Å²) in [6, 6.07) is 15.4. The summed E-state index contributed by atoms with van der Waals surface area (Å²) in [6.45, 7) is 3.51. The number of aryl methyl sites for hydroxylation is 2. The molecule has 3 rings (SSSR count). The fourth-order valence-corrected chi connectivity index (χ4v) is 2.67. The molecule has 0 atom stereocenters. The van der Waals surface area contributed by atoms with Crippen LogP contribution in [-0.4, -0.2) is 23.7 Å². The van der Waals surface area contributed by atoms with Gasteiger partial charge in [0.05, 0.1) is 11.1 Å². The topological polar surface area (TPSA) is 107 Å². The van der Waals surface area contributed by atoms with E-state index < -0.39 is 10.8 Å². The molecular formula is C21H19N3O5. The number of nitrogens with one attached hydrogen (secondary N) is 1. The van der Waals surface area contributed by atoms with Crippen molar-refractivity contribution in [2.75, 3.05) is 6.61 Å². The van der Waals surface area contributed by atoms with Crippen LogP contribution in [-0.2, 0) is 4.79 Å². The lowest BCUT2D eigenvalue weighted by Gasteiger charge is -2.07. The number of hydrazone groups is 1. The molecule has 0 aliphatic rings. The van der Waals surface area contributed by atoms with Gasteiger partial charge >= 0.3 is 0 Å². The molecule has 2 aromatic carbocycles. The van der Waals surface area contributed by atoms with Gasteiger partial charge in [-0.15, -0.1) is 0 Å². The molecule has 1 heterocycles. The summed E-state index contributed by atoms with van der Waals surface area (Å²) < 4.78 is 11.1. The van der Waals surface area contributed by atoms with Crippen LogP contribution in [0.3, 0.4) is 0 Å². The number of hydrogen-bond donors (Lipinski definition) is 1. The zero-order valence-corrected chi connectivity index (χ0v) is 15.9. The molecule has 8 nitrogen and oxygen atoms in total. The second-order valence-corrected chi connectivity index (χ2v) is 6.31. The molecule has 1 N–H and O–H groups in total. The number of furan rings is 1. The van der Waals surface area contributed by atoms with Gasteiger partial charge in [-0.25, -0.2) is 5.43 Å². The molecule has 0 aliphatic carbocycles. The van der Waals surface area contributed by atoms with Crippen molar-refractivity contribution in [3.8, 4) is 17.1 Å². The number of carbonyl (C=O) groups is 1. The molecule has 0 saturated heterocycles. The SMILES string of the molecule is Cc1ccccc1OCC(=O)N/N=C\c1ccc(-c2ccc([N+](=O)[O-])cc2C)o1. The number of nitrogens with zero attached hydrogens (tertiary/aromatic N) is 2. The third-order valence-electron chi connectivity index (χ3n) is 4.15. The number of para-hydroxylation sites is 1. The number of carbonyl (C=O) groups excluding carboxylic acids is 1. The van der Waals surface area contributed by atoms with Crippen molar-refractivity contribution in [2.24, 2.45) is 5.10 Å². The maximum Gasteiger partial charge on any atom is 0.277 e. The van der Waals surface area contributed by atoms with Crippen molar-refractivity contribution in [1.29, 1.82) is 0 Å². The average molecular weight is 393 g/mol. The number of amides is 1. The van der Waals surface area contributed by atoms with Crippen LogP contribution in [0.4, 0.5) is 5.69 Å². The monoisotopic (exact) mass is 393 g/mol. The van der Waals surface area contributed by atoms with Gasteiger partial charge in [-0.1, -0.05) is 18.2 Å². The highest BCUT2D eigenvalue weighted by atomic mass is 16.6. The van der Waals surface area contributed by atoms with Gasteiger partial charge in [0.1, 0.15) is 17.3 Å². The molecule has 1 amide bonds. The lowest BCUT2D eigenvalue weighted by molar-refractivity contribution is -0.384. The van der Waals surface area contributed by atoms with Crippen molar-refractivity contribution < 1.29 is 18.9 Å². The van der Waals surface area contributed by atoms with Gasteiger partial charge in [-0.3, -0.25) is 14.9 Å². The molecule has 8 heteroatoms. The summed E-state index contributed by atoms with van der Waals surface area (Å²) in [5, 5.41) is 14.7. The van der Waals surface area contributed by atoms with E-state index in [-0.39, 0.29) is 12.3 Å². The minimum Gasteiger partial charge on any atom is -0.483 e. The number of ether oxygens (including phenoxy) is 1. The molecule has 1 aromatic heterocycles. The summed E-state index contributed by atoms with van der Waals surface area (Å²) in [5.41, 5.74) is 4.80. The third kappa shape index (κ3) is 5.07. The lowest BCUT2D eigenvalue weighted by atomic mass is 10.1. The number of benzene rings is 2. The predicted octanol–water partition coefficient (Wildman–Crippen LogP) is 4.00. The molecule has 0 spiro atoms. The summed E-state index contributed by atoms with van der Waals surface area (Å²) in [6.07, 6.45) is 1.37. The minimum absolute atomic E-state index is 0.0234. The van der Waals surface area contributed by atoms with Crippen LogP contribution < -0.4 is 10.2 Å². The van der Waals surface area contributed by atoms with Crippen LogP contribution in [0.25, 0.3) is 11.3 Å². The van der Waals surface area contributed by atoms with Crippen LogP contribution in [0, 0.1) is 24.0 Å². The van der Waals surface area contributed by atoms with Gasteiger partial charge in [-0.05, 0) is 49.2 Å². The highest BCUT2D eigenvalue weighted by molar-refractivity contribution is 5.82. The first-order chi connectivity index (χ1) is 13.9. The maximum absolute atomic E-state index is 11.8.